The molecule has 7 nitrogen and oxygen atoms in total. The van der Waals surface area contributed by atoms with E-state index < -0.39 is 23.5 Å². The van der Waals surface area contributed by atoms with Crippen LogP contribution < -0.4 is 5.32 Å². The first-order chi connectivity index (χ1) is 17.6. The van der Waals surface area contributed by atoms with Gasteiger partial charge in [0.15, 0.2) is 6.10 Å². The predicted molar refractivity (Wildman–Crippen MR) is 138 cm³/mol. The van der Waals surface area contributed by atoms with Crippen LogP contribution in [0.5, 0.6) is 0 Å². The van der Waals surface area contributed by atoms with E-state index in [1.807, 2.05) is 78.2 Å². The highest BCUT2D eigenvalue weighted by Crippen LogP contribution is 2.41. The molecule has 5 rings (SSSR count). The molecular weight excluding hydrogens is 496 g/mol. The van der Waals surface area contributed by atoms with E-state index in [0.717, 1.165) is 16.0 Å². The van der Waals surface area contributed by atoms with Crippen molar-refractivity contribution in [3.63, 3.8) is 0 Å². The van der Waals surface area contributed by atoms with Crippen LogP contribution in [0.2, 0.25) is 0 Å². The fourth-order valence-corrected chi connectivity index (χ4v) is 6.37. The Morgan fingerprint density at radius 1 is 1.03 bits per heavy atom. The number of carbonyl (C=O) groups is 3. The number of rotatable bonds is 8. The van der Waals surface area contributed by atoms with Crippen LogP contribution in [0.25, 0.3) is 0 Å². The lowest BCUT2D eigenvalue weighted by atomic mass is 10.0. The standard InChI is InChI=1S/C27H24N2O5S2/c30-15-19-16-36-26-22(28-21(31)14-20-12-7-13-35-20)25(32)29(26)23(19)27(33)34-24(17-8-3-1-4-9-17)18-10-5-2-6-11-18/h1-13,22,24,26,30H,14-16H2,(H,28,31)/t22?,26-/m0/s1. The van der Waals surface area contributed by atoms with Gasteiger partial charge in [-0.25, -0.2) is 4.79 Å². The molecule has 1 fully saturated rings. The molecule has 2 aliphatic rings. The van der Waals surface area contributed by atoms with Gasteiger partial charge in [0.05, 0.1) is 13.0 Å². The number of thioether (sulfide) groups is 1. The number of ether oxygens (including phenoxy) is 1. The van der Waals surface area contributed by atoms with E-state index in [0.29, 0.717) is 11.3 Å². The topological polar surface area (TPSA) is 95.9 Å². The van der Waals surface area contributed by atoms with Crippen LogP contribution in [-0.4, -0.2) is 51.6 Å². The maximum Gasteiger partial charge on any atom is 0.356 e. The molecule has 2 atom stereocenters. The lowest BCUT2D eigenvalue weighted by Crippen LogP contribution is -2.70. The first-order valence-electron chi connectivity index (χ1n) is 11.5. The molecule has 2 N–H and O–H groups in total. The molecule has 36 heavy (non-hydrogen) atoms. The van der Waals surface area contributed by atoms with Gasteiger partial charge in [0.1, 0.15) is 17.1 Å². The van der Waals surface area contributed by atoms with Crippen molar-refractivity contribution in [2.24, 2.45) is 0 Å². The fraction of sp³-hybridized carbons (Fsp3) is 0.222. The van der Waals surface area contributed by atoms with Crippen LogP contribution in [-0.2, 0) is 25.5 Å². The SMILES string of the molecule is O=C(Cc1cccs1)NC1C(=O)N2C(C(=O)OC(c3ccccc3)c3ccccc3)=C(CO)CS[C@@H]12. The van der Waals surface area contributed by atoms with Crippen LogP contribution in [0.4, 0.5) is 0 Å². The zero-order chi connectivity index (χ0) is 25.1. The molecule has 0 saturated carbocycles. The predicted octanol–water partition coefficient (Wildman–Crippen LogP) is 3.27. The van der Waals surface area contributed by atoms with Crippen LogP contribution in [0, 0.1) is 0 Å². The van der Waals surface area contributed by atoms with E-state index in [4.69, 9.17) is 4.74 Å². The van der Waals surface area contributed by atoms with Crippen molar-refractivity contribution in [2.45, 2.75) is 23.9 Å². The molecule has 0 radical (unpaired) electrons. The summed E-state index contributed by atoms with van der Waals surface area (Å²) in [6.07, 6.45) is -0.487. The highest BCUT2D eigenvalue weighted by molar-refractivity contribution is 8.00. The normalized spacial score (nSPS) is 19.1. The van der Waals surface area contributed by atoms with E-state index in [2.05, 4.69) is 5.32 Å². The minimum atomic E-state index is -0.732. The second-order valence-corrected chi connectivity index (χ2v) is 10.6. The van der Waals surface area contributed by atoms with Gasteiger partial charge < -0.3 is 15.2 Å². The molecular formula is C27H24N2O5S2. The number of β-lactam (4-membered cyclic amide) rings is 1. The van der Waals surface area contributed by atoms with Crippen molar-refractivity contribution < 1.29 is 24.2 Å². The van der Waals surface area contributed by atoms with Crippen LogP contribution >= 0.6 is 23.1 Å². The molecule has 3 aromatic rings. The third kappa shape index (κ3) is 4.82. The molecule has 1 unspecified atom stereocenters. The first kappa shape index (κ1) is 24.3. The molecule has 1 aromatic heterocycles. The Bertz CT molecular complexity index is 1240. The van der Waals surface area contributed by atoms with E-state index in [-0.39, 0.29) is 30.5 Å². The molecule has 0 spiro atoms. The average molecular weight is 521 g/mol. The number of amides is 2. The summed E-state index contributed by atoms with van der Waals surface area (Å²) in [7, 11) is 0. The minimum absolute atomic E-state index is 0.0619. The zero-order valence-corrected chi connectivity index (χ0v) is 20.8. The van der Waals surface area contributed by atoms with Gasteiger partial charge in [-0.1, -0.05) is 66.7 Å². The second-order valence-electron chi connectivity index (χ2n) is 8.43. The van der Waals surface area contributed by atoms with Gasteiger partial charge in [0.25, 0.3) is 5.91 Å². The number of aliphatic hydroxyl groups is 1. The van der Waals surface area contributed by atoms with Gasteiger partial charge in [-0.15, -0.1) is 23.1 Å². The Labute approximate surface area is 216 Å². The first-order valence-corrected chi connectivity index (χ1v) is 13.4. The van der Waals surface area contributed by atoms with Gasteiger partial charge in [0.2, 0.25) is 5.91 Å². The average Bonchev–Trinajstić information content (AvgIpc) is 3.43. The molecule has 0 aliphatic carbocycles. The summed E-state index contributed by atoms with van der Waals surface area (Å²) in [6, 6.07) is 21.7. The molecule has 9 heteroatoms. The number of carbonyl (C=O) groups excluding carboxylic acids is 3. The summed E-state index contributed by atoms with van der Waals surface area (Å²) in [5.41, 5.74) is 2.07. The van der Waals surface area contributed by atoms with E-state index in [1.54, 1.807) is 0 Å². The van der Waals surface area contributed by atoms with E-state index in [1.165, 1.54) is 28.0 Å². The number of nitrogens with one attached hydrogen (secondary N) is 1. The molecule has 184 valence electrons. The Balaban J connectivity index is 1.36. The van der Waals surface area contributed by atoms with Crippen molar-refractivity contribution in [1.82, 2.24) is 10.2 Å². The van der Waals surface area contributed by atoms with Gasteiger partial charge >= 0.3 is 5.97 Å². The highest BCUT2D eigenvalue weighted by Gasteiger charge is 2.54. The second kappa shape index (κ2) is 10.7. The molecule has 1 saturated heterocycles. The molecule has 2 aliphatic heterocycles. The number of benzene rings is 2. The Morgan fingerprint density at radius 2 is 1.69 bits per heavy atom. The van der Waals surface area contributed by atoms with Crippen LogP contribution in [0.15, 0.2) is 89.4 Å². The number of thiophene rings is 1. The van der Waals surface area contributed by atoms with Gasteiger partial charge in [-0.2, -0.15) is 0 Å². The molecule has 2 aromatic carbocycles. The monoisotopic (exact) mass is 520 g/mol. The van der Waals surface area contributed by atoms with Crippen molar-refractivity contribution >= 4 is 40.9 Å². The van der Waals surface area contributed by atoms with E-state index >= 15 is 0 Å². The number of hydrogen-bond donors (Lipinski definition) is 2. The fourth-order valence-electron chi connectivity index (χ4n) is 4.34. The number of fused-ring (bicyclic) bond motifs is 1. The number of nitrogens with zero attached hydrogens (tertiary/aromatic N) is 1. The van der Waals surface area contributed by atoms with Crippen molar-refractivity contribution in [3.8, 4) is 0 Å². The Hall–Kier alpha value is -3.40. The number of hydrogen-bond acceptors (Lipinski definition) is 7. The van der Waals surface area contributed by atoms with E-state index in [9.17, 15) is 19.5 Å². The Morgan fingerprint density at radius 3 is 2.28 bits per heavy atom. The molecule has 0 bridgehead atoms. The third-order valence-electron chi connectivity index (χ3n) is 6.09. The summed E-state index contributed by atoms with van der Waals surface area (Å²) in [4.78, 5) is 41.4. The number of esters is 1. The minimum Gasteiger partial charge on any atom is -0.448 e. The third-order valence-corrected chi connectivity index (χ3v) is 8.31. The van der Waals surface area contributed by atoms with Gasteiger partial charge in [0, 0.05) is 10.6 Å². The zero-order valence-electron chi connectivity index (χ0n) is 19.2. The lowest BCUT2D eigenvalue weighted by molar-refractivity contribution is -0.154. The smallest absolute Gasteiger partial charge is 0.356 e. The maximum atomic E-state index is 13.5. The van der Waals surface area contributed by atoms with Crippen molar-refractivity contribution in [1.29, 1.82) is 0 Å². The lowest BCUT2D eigenvalue weighted by Gasteiger charge is -2.49. The van der Waals surface area contributed by atoms with Crippen LogP contribution in [0.1, 0.15) is 22.1 Å². The number of aliphatic hydroxyl groups excluding tert-OH is 1. The summed E-state index contributed by atoms with van der Waals surface area (Å²) >= 11 is 2.89. The summed E-state index contributed by atoms with van der Waals surface area (Å²) in [6.45, 7) is -0.370. The largest absolute Gasteiger partial charge is 0.448 e. The highest BCUT2D eigenvalue weighted by atomic mass is 32.2. The molecule has 3 heterocycles. The van der Waals surface area contributed by atoms with Gasteiger partial charge in [-0.05, 0) is 28.1 Å². The Kier molecular flexibility index (Phi) is 7.22. The van der Waals surface area contributed by atoms with Gasteiger partial charge in [-0.3, -0.25) is 14.5 Å². The van der Waals surface area contributed by atoms with Crippen molar-refractivity contribution in [2.75, 3.05) is 12.4 Å². The van der Waals surface area contributed by atoms with Crippen molar-refractivity contribution in [3.05, 3.63) is 105 Å². The van der Waals surface area contributed by atoms with Crippen LogP contribution in [0.3, 0.4) is 0 Å². The quantitative estimate of drug-likeness (QED) is 0.350. The summed E-state index contributed by atoms with van der Waals surface area (Å²) in [5.74, 6) is -0.960. The molecule has 2 amide bonds. The maximum absolute atomic E-state index is 13.5. The summed E-state index contributed by atoms with van der Waals surface area (Å²) in [5, 5.41) is 14.2. The summed E-state index contributed by atoms with van der Waals surface area (Å²) < 4.78 is 5.98.